The number of hydrogen-bond donors (Lipinski definition) is 5. The molecule has 5 atom stereocenters. The second-order valence-electron chi connectivity index (χ2n) is 37.5. The lowest BCUT2D eigenvalue weighted by molar-refractivity contribution is -0.149. The predicted octanol–water partition coefficient (Wildman–Crippen LogP) is 16.3. The van der Waals surface area contributed by atoms with E-state index in [9.17, 15) is 117 Å². The van der Waals surface area contributed by atoms with Crippen molar-refractivity contribution < 1.29 is 117 Å². The molecule has 5 N–H and O–H groups in total. The van der Waals surface area contributed by atoms with Crippen molar-refractivity contribution in [3.05, 3.63) is 323 Å². The summed E-state index contributed by atoms with van der Waals surface area (Å²) in [6.07, 6.45) is 1.32. The van der Waals surface area contributed by atoms with E-state index in [-0.39, 0.29) is 186 Å². The van der Waals surface area contributed by atoms with Crippen LogP contribution < -0.4 is 24.5 Å². The van der Waals surface area contributed by atoms with Gasteiger partial charge in [0.05, 0.1) is 59.0 Å². The number of amides is 10. The van der Waals surface area contributed by atoms with E-state index in [1.165, 1.54) is 146 Å². The third kappa shape index (κ3) is 24.5. The van der Waals surface area contributed by atoms with Gasteiger partial charge >= 0.3 is 0 Å². The number of hydrogen-bond acceptors (Lipinski definition) is 15. The Labute approximate surface area is 857 Å². The van der Waals surface area contributed by atoms with Crippen molar-refractivity contribution in [1.29, 1.82) is 0 Å². The molecule has 10 amide bonds. The third-order valence-electron chi connectivity index (χ3n) is 27.7. The maximum atomic E-state index is 14.4. The second-order valence-corrected chi connectivity index (χ2v) is 39.7. The molecule has 10 aromatic rings. The van der Waals surface area contributed by atoms with Crippen LogP contribution in [0.5, 0.6) is 0 Å². The van der Waals surface area contributed by atoms with Gasteiger partial charge in [-0.15, -0.1) is 0 Å². The zero-order valence-electron chi connectivity index (χ0n) is 77.0. The molecule has 10 aliphatic rings. The molecule has 5 aliphatic heterocycles. The number of aliphatic hydroxyl groups is 5. The highest BCUT2D eigenvalue weighted by Crippen LogP contribution is 2.45. The normalized spacial score (nSPS) is 24.5. The van der Waals surface area contributed by atoms with Gasteiger partial charge in [-0.1, -0.05) is 126 Å². The smallest absolute Gasteiger partial charge is 0.250 e. The largest absolute Gasteiger partial charge is 0.393 e. The first-order valence-corrected chi connectivity index (χ1v) is 48.5. The fourth-order valence-corrected chi connectivity index (χ4v) is 20.7. The highest BCUT2D eigenvalue weighted by Gasteiger charge is 2.55. The summed E-state index contributed by atoms with van der Waals surface area (Å²) in [5.41, 5.74) is 3.41. The van der Waals surface area contributed by atoms with Crippen LogP contribution in [0.15, 0.2) is 212 Å². The van der Waals surface area contributed by atoms with Gasteiger partial charge < -0.3 is 50.0 Å². The van der Waals surface area contributed by atoms with E-state index in [1.54, 1.807) is 60.7 Å². The molecule has 5 heterocycles. The fourth-order valence-electron chi connectivity index (χ4n) is 19.9. The molecule has 10 aromatic carbocycles. The van der Waals surface area contributed by atoms with Gasteiger partial charge in [0.2, 0.25) is 29.5 Å². The van der Waals surface area contributed by atoms with Crippen LogP contribution in [0.2, 0.25) is 25.1 Å². The lowest BCUT2D eigenvalue weighted by atomic mass is 9.75. The number of benzene rings is 10. The van der Waals surface area contributed by atoms with Gasteiger partial charge in [-0.3, -0.25) is 72.4 Å². The number of carbonyl (C=O) groups excluding carboxylic acids is 10. The summed E-state index contributed by atoms with van der Waals surface area (Å²) in [6.45, 7) is -0.816. The minimum atomic E-state index is -0.820. The van der Waals surface area contributed by atoms with Crippen molar-refractivity contribution in [3.63, 3.8) is 0 Å². The summed E-state index contributed by atoms with van der Waals surface area (Å²) in [4.78, 5) is 144. The minimum Gasteiger partial charge on any atom is -0.393 e. The lowest BCUT2D eigenvalue weighted by Crippen LogP contribution is -2.64. The third-order valence-corrected chi connectivity index (χ3v) is 28.8. The summed E-state index contributed by atoms with van der Waals surface area (Å²) in [5, 5.41) is 49.6. The number of anilines is 5. The van der Waals surface area contributed by atoms with Crippen LogP contribution in [0.25, 0.3) is 0 Å². The molecule has 0 spiro atoms. The quantitative estimate of drug-likeness (QED) is 0.0443. The Kier molecular flexibility index (Phi) is 34.1. The second kappa shape index (κ2) is 46.2. The van der Waals surface area contributed by atoms with E-state index in [2.05, 4.69) is 0 Å². The van der Waals surface area contributed by atoms with Gasteiger partial charge in [0, 0.05) is 57.8 Å². The summed E-state index contributed by atoms with van der Waals surface area (Å²) in [5.74, 6) is -10.2. The maximum Gasteiger partial charge on any atom is 0.250 e. The highest BCUT2D eigenvalue weighted by atomic mass is 35.5. The number of carbonyl (C=O) groups is 10. The molecule has 0 bridgehead atoms. The average molecular weight is 2120 g/mol. The standard InChI is InChI=1S/5C21H19ClF2N2O3.CH4/c5*22-14-3-6-18(17(24)9-14)25-11-19(28)26(10-12-1-4-15(23)5-2-12)20(21(25)29)13-7-16(27)8-13;/h5*1-6,9,13,16,20,27H,7-8,10-11H2;1H4/t4*13?,16?,20-;;/m1100../s1. The number of rotatable bonds is 20. The predicted molar refractivity (Wildman–Crippen MR) is 523 cm³/mol. The molecule has 20 rings (SSSR count). The molecule has 0 radical (unpaired) electrons. The van der Waals surface area contributed by atoms with Gasteiger partial charge in [0.25, 0.3) is 29.5 Å². The molecular formula is C106H99Cl5F10N10O15. The Bertz CT molecular complexity index is 5640. The van der Waals surface area contributed by atoms with Crippen molar-refractivity contribution in [3.8, 4) is 0 Å². The van der Waals surface area contributed by atoms with Crippen LogP contribution in [0.1, 0.15) is 99.5 Å². The van der Waals surface area contributed by atoms with Gasteiger partial charge in [0.1, 0.15) is 121 Å². The number of piperazine rings is 5. The zero-order chi connectivity index (χ0) is 104. The number of halogens is 15. The van der Waals surface area contributed by atoms with E-state index in [1.807, 2.05) is 0 Å². The summed E-state index contributed by atoms with van der Waals surface area (Å²) >= 11 is 29.0. The van der Waals surface area contributed by atoms with E-state index in [0.717, 1.165) is 54.8 Å². The molecule has 5 saturated heterocycles. The Morgan fingerprint density at radius 2 is 0.356 bits per heavy atom. The van der Waals surface area contributed by atoms with Crippen molar-refractivity contribution in [2.45, 2.75) is 165 Å². The molecule has 146 heavy (non-hydrogen) atoms. The molecule has 768 valence electrons. The van der Waals surface area contributed by atoms with E-state index >= 15 is 0 Å². The van der Waals surface area contributed by atoms with Crippen LogP contribution in [0, 0.1) is 87.8 Å². The van der Waals surface area contributed by atoms with Gasteiger partial charge in [-0.25, -0.2) is 43.9 Å². The first kappa shape index (κ1) is 108. The first-order valence-electron chi connectivity index (χ1n) is 46.6. The maximum absolute atomic E-state index is 14.4. The summed E-state index contributed by atoms with van der Waals surface area (Å²) in [6, 6.07) is 44.2. The topological polar surface area (TPSA) is 304 Å². The van der Waals surface area contributed by atoms with E-state index < -0.39 is 148 Å². The number of nitrogens with zero attached hydrogens (tertiary/aromatic N) is 10. The molecule has 0 aromatic heterocycles. The average Bonchev–Trinajstić information content (AvgIpc) is 0.771. The Balaban J connectivity index is 0.000000137. The minimum absolute atomic E-state index is 0. The molecule has 1 unspecified atom stereocenters. The van der Waals surface area contributed by atoms with Gasteiger partial charge in [0.15, 0.2) is 0 Å². The Hall–Kier alpha value is -12.6. The first-order chi connectivity index (χ1) is 69.1. The van der Waals surface area contributed by atoms with Crippen molar-refractivity contribution >= 4 is 146 Å². The molecule has 10 fully saturated rings. The van der Waals surface area contributed by atoms with Crippen molar-refractivity contribution in [2.24, 2.45) is 29.6 Å². The van der Waals surface area contributed by atoms with Crippen molar-refractivity contribution in [1.82, 2.24) is 24.5 Å². The Morgan fingerprint density at radius 1 is 0.219 bits per heavy atom. The molecule has 40 heteroatoms. The lowest BCUT2D eigenvalue weighted by Gasteiger charge is -2.47. The number of aliphatic hydroxyl groups excluding tert-OH is 5. The van der Waals surface area contributed by atoms with E-state index in [4.69, 9.17) is 58.0 Å². The monoisotopic (exact) mass is 2120 g/mol. The SMILES string of the molecule is C.O=C1C(C2CC(O)C2)N(Cc2ccc(F)cc2)C(=O)CN1c1ccc(Cl)cc1F.O=C1[C@@H](C2CC(O)C2)N(Cc2ccc(F)cc2)C(=O)CN1c1ccc(Cl)cc1F.O=C1[C@@H](C2CC(O)C2)N(Cc2ccc(F)cc2)C(=O)CN1c1ccc(Cl)cc1F.O=C1[C@H](C2CC(O)C2)N(Cc2ccc(F)cc2)C(=O)CN1c1ccc(Cl)cc1F.O=C1[C@H](C2CC(O)C2)N(Cc2ccc(F)cc2)C(=O)CN1c1ccc(Cl)cc1F. The molecule has 5 aliphatic carbocycles. The fraction of sp³-hybridized carbons (Fsp3) is 0.340. The van der Waals surface area contributed by atoms with Gasteiger partial charge in [-0.2, -0.15) is 0 Å². The highest BCUT2D eigenvalue weighted by molar-refractivity contribution is 6.32. The van der Waals surface area contributed by atoms with Crippen molar-refractivity contribution in [2.75, 3.05) is 57.2 Å². The Morgan fingerprint density at radius 3 is 0.479 bits per heavy atom. The van der Waals surface area contributed by atoms with E-state index in [0.29, 0.717) is 92.0 Å². The summed E-state index contributed by atoms with van der Waals surface area (Å²) < 4.78 is 138. The van der Waals surface area contributed by atoms with Crippen LogP contribution in [0.3, 0.4) is 0 Å². The van der Waals surface area contributed by atoms with Gasteiger partial charge in [-0.05, 0) is 273 Å². The molecule has 5 saturated carbocycles. The summed E-state index contributed by atoms with van der Waals surface area (Å²) in [7, 11) is 0. The zero-order valence-corrected chi connectivity index (χ0v) is 80.7. The van der Waals surface area contributed by atoms with Crippen LogP contribution in [0.4, 0.5) is 72.3 Å². The van der Waals surface area contributed by atoms with Crippen LogP contribution in [-0.2, 0) is 80.7 Å². The van der Waals surface area contributed by atoms with Crippen LogP contribution >= 0.6 is 58.0 Å². The van der Waals surface area contributed by atoms with Crippen LogP contribution in [-0.4, -0.2) is 203 Å². The molecular weight excluding hydrogens is 2020 g/mol. The molecule has 25 nitrogen and oxygen atoms in total.